The van der Waals surface area contributed by atoms with Crippen LogP contribution in [0.2, 0.25) is 0 Å². The fraction of sp³-hybridized carbons (Fsp3) is 0.689. The third-order valence-electron chi connectivity index (χ3n) is 11.7. The number of carbonyl (C=O) groups is 5. The molecule has 1 aromatic heterocycles. The number of aromatic nitrogens is 1. The molecule has 59 heavy (non-hydrogen) atoms. The van der Waals surface area contributed by atoms with Crippen molar-refractivity contribution in [2.24, 2.45) is 17.3 Å². The Morgan fingerprint density at radius 1 is 1.05 bits per heavy atom. The Morgan fingerprint density at radius 2 is 1.75 bits per heavy atom. The molecule has 1 aliphatic heterocycles. The minimum atomic E-state index is -1.17. The van der Waals surface area contributed by atoms with Gasteiger partial charge in [-0.25, -0.2) is 9.37 Å². The van der Waals surface area contributed by atoms with E-state index < -0.39 is 53.3 Å². The summed E-state index contributed by atoms with van der Waals surface area (Å²) in [5, 5.41) is 17.9. The highest BCUT2D eigenvalue weighted by atomic mass is 32.1. The quantitative estimate of drug-likeness (QED) is 0.0705. The first-order valence-corrected chi connectivity index (χ1v) is 22.5. The van der Waals surface area contributed by atoms with E-state index in [0.717, 1.165) is 57.1 Å². The summed E-state index contributed by atoms with van der Waals surface area (Å²) in [6, 6.07) is 4.23. The van der Waals surface area contributed by atoms with Gasteiger partial charge in [-0.1, -0.05) is 78.9 Å². The van der Waals surface area contributed by atoms with Crippen molar-refractivity contribution in [3.05, 3.63) is 51.7 Å². The van der Waals surface area contributed by atoms with E-state index in [0.29, 0.717) is 24.4 Å². The Bertz CT molecular complexity index is 1670. The number of ether oxygens (including phenoxy) is 1. The van der Waals surface area contributed by atoms with Crippen LogP contribution < -0.4 is 10.6 Å². The van der Waals surface area contributed by atoms with Crippen molar-refractivity contribution in [3.63, 3.8) is 0 Å². The molecule has 3 rings (SSSR count). The number of aliphatic carboxylic acids is 1. The first kappa shape index (κ1) is 49.5. The Kier molecular flexibility index (Phi) is 19.9. The summed E-state index contributed by atoms with van der Waals surface area (Å²) < 4.78 is 19.6. The van der Waals surface area contributed by atoms with Crippen LogP contribution in [0.3, 0.4) is 0 Å². The van der Waals surface area contributed by atoms with Gasteiger partial charge in [0, 0.05) is 49.8 Å². The van der Waals surface area contributed by atoms with E-state index in [-0.39, 0.29) is 54.6 Å². The molecule has 1 aromatic carbocycles. The number of amides is 3. The number of carbonyl (C=O) groups excluding carboxylic acids is 4. The lowest BCUT2D eigenvalue weighted by Crippen LogP contribution is -2.56. The van der Waals surface area contributed by atoms with Crippen molar-refractivity contribution in [2.75, 3.05) is 20.1 Å². The molecule has 1 fully saturated rings. The fourth-order valence-electron chi connectivity index (χ4n) is 7.82. The molecule has 0 radical (unpaired) electrons. The van der Waals surface area contributed by atoms with Gasteiger partial charge in [-0.3, -0.25) is 24.0 Å². The number of thiazole rings is 1. The van der Waals surface area contributed by atoms with Crippen molar-refractivity contribution < 1.29 is 38.2 Å². The molecule has 2 heterocycles. The number of halogens is 1. The molecule has 1 unspecified atom stereocenters. The average molecular weight is 844 g/mol. The van der Waals surface area contributed by atoms with E-state index in [2.05, 4.69) is 27.4 Å². The lowest BCUT2D eigenvalue weighted by atomic mass is 9.84. The monoisotopic (exact) mass is 843 g/mol. The maximum atomic E-state index is 14.8. The standard InChI is InChI=1S/C45H70FN5O7S/c1-10-12-13-15-23-51(43(55)40(30(5)11-2)49-39(53)25-35-17-14-16-22-50(35)9)37(29(3)4)26-38(58-31(6)52)42-48-36(28-59-42)41(54)47-34(27-45(7,8)44(56)57)24-32-18-20-33(46)21-19-32/h18-21,28-30,34-35,37-38,40H,10-17,22-27H2,1-9H3,(H,47,54)(H,49,53)(H,56,57)/t30-,34-,35?,37+,38+,40-/m0/s1. The van der Waals surface area contributed by atoms with Crippen molar-refractivity contribution in [3.8, 4) is 0 Å². The number of hydrogen-bond acceptors (Lipinski definition) is 9. The molecule has 330 valence electrons. The molecule has 0 bridgehead atoms. The number of nitrogens with zero attached hydrogens (tertiary/aromatic N) is 3. The fourth-order valence-corrected chi connectivity index (χ4v) is 8.66. The van der Waals surface area contributed by atoms with E-state index in [1.165, 1.54) is 30.4 Å². The number of carboxylic acid groups (broad SMARTS) is 1. The maximum absolute atomic E-state index is 14.8. The Morgan fingerprint density at radius 3 is 2.34 bits per heavy atom. The summed E-state index contributed by atoms with van der Waals surface area (Å²) in [5.41, 5.74) is -0.358. The molecular formula is C45H70FN5O7S. The molecule has 1 aliphatic rings. The highest BCUT2D eigenvalue weighted by Gasteiger charge is 2.38. The highest BCUT2D eigenvalue weighted by molar-refractivity contribution is 7.09. The summed E-state index contributed by atoms with van der Waals surface area (Å²) in [7, 11) is 2.05. The number of esters is 1. The number of likely N-dealkylation sites (tertiary alicyclic amines) is 1. The van der Waals surface area contributed by atoms with Crippen LogP contribution in [0.1, 0.15) is 153 Å². The van der Waals surface area contributed by atoms with Crippen LogP contribution in [0, 0.1) is 23.1 Å². The average Bonchev–Trinajstić information content (AvgIpc) is 3.67. The summed E-state index contributed by atoms with van der Waals surface area (Å²) in [4.78, 5) is 75.6. The first-order chi connectivity index (χ1) is 27.9. The van der Waals surface area contributed by atoms with Gasteiger partial charge in [0.15, 0.2) is 6.10 Å². The minimum Gasteiger partial charge on any atom is -0.481 e. The molecule has 6 atom stereocenters. The normalized spacial score (nSPS) is 17.4. The van der Waals surface area contributed by atoms with Crippen molar-refractivity contribution in [1.82, 2.24) is 25.4 Å². The van der Waals surface area contributed by atoms with E-state index in [1.54, 1.807) is 31.4 Å². The van der Waals surface area contributed by atoms with Crippen LogP contribution in [-0.2, 0) is 30.3 Å². The lowest BCUT2D eigenvalue weighted by Gasteiger charge is -2.39. The SMILES string of the molecule is CCCCCCN(C(=O)[C@@H](NC(=O)CC1CCCCN1C)[C@@H](C)CC)[C@H](C[C@@H](OC(C)=O)c1nc(C(=O)N[C@@H](Cc2ccc(F)cc2)CC(C)(C)C(=O)O)cs1)C(C)C. The highest BCUT2D eigenvalue weighted by Crippen LogP contribution is 2.32. The van der Waals surface area contributed by atoms with Gasteiger partial charge >= 0.3 is 11.9 Å². The molecule has 14 heteroatoms. The van der Waals surface area contributed by atoms with E-state index in [9.17, 15) is 33.5 Å². The molecule has 0 aliphatic carbocycles. The van der Waals surface area contributed by atoms with Gasteiger partial charge in [-0.05, 0) is 89.1 Å². The van der Waals surface area contributed by atoms with Crippen LogP contribution in [0.4, 0.5) is 4.39 Å². The van der Waals surface area contributed by atoms with Crippen LogP contribution in [0.15, 0.2) is 29.6 Å². The number of unbranched alkanes of at least 4 members (excludes halogenated alkanes) is 3. The zero-order valence-corrected chi connectivity index (χ0v) is 37.7. The molecule has 3 amide bonds. The van der Waals surface area contributed by atoms with Gasteiger partial charge in [0.1, 0.15) is 22.6 Å². The second-order valence-electron chi connectivity index (χ2n) is 17.5. The Labute approximate surface area is 355 Å². The third-order valence-corrected chi connectivity index (χ3v) is 12.6. The number of benzene rings is 1. The maximum Gasteiger partial charge on any atom is 0.309 e. The van der Waals surface area contributed by atoms with Gasteiger partial charge in [0.2, 0.25) is 11.8 Å². The smallest absolute Gasteiger partial charge is 0.309 e. The molecule has 3 N–H and O–H groups in total. The summed E-state index contributed by atoms with van der Waals surface area (Å²) in [5.74, 6) is -2.96. The van der Waals surface area contributed by atoms with E-state index in [4.69, 9.17) is 4.74 Å². The number of piperidine rings is 1. The molecule has 0 saturated carbocycles. The lowest BCUT2D eigenvalue weighted by molar-refractivity contribution is -0.150. The van der Waals surface area contributed by atoms with Crippen LogP contribution in [0.5, 0.6) is 0 Å². The Balaban J connectivity index is 1.92. The van der Waals surface area contributed by atoms with E-state index in [1.807, 2.05) is 39.6 Å². The van der Waals surface area contributed by atoms with E-state index >= 15 is 0 Å². The van der Waals surface area contributed by atoms with Crippen molar-refractivity contribution in [2.45, 2.75) is 163 Å². The van der Waals surface area contributed by atoms with Gasteiger partial charge in [-0.2, -0.15) is 0 Å². The number of carboxylic acids is 1. The second-order valence-corrected chi connectivity index (χ2v) is 18.4. The number of rotatable bonds is 24. The van der Waals surface area contributed by atoms with Gasteiger partial charge < -0.3 is 30.3 Å². The largest absolute Gasteiger partial charge is 0.481 e. The minimum absolute atomic E-state index is 0.0695. The number of hydrogen-bond donors (Lipinski definition) is 3. The van der Waals surface area contributed by atoms with Crippen molar-refractivity contribution >= 4 is 41.0 Å². The van der Waals surface area contributed by atoms with Crippen LogP contribution in [-0.4, -0.2) is 93.9 Å². The second kappa shape index (κ2) is 23.8. The predicted molar refractivity (Wildman–Crippen MR) is 229 cm³/mol. The Hall–Kier alpha value is -3.91. The zero-order chi connectivity index (χ0) is 43.9. The summed E-state index contributed by atoms with van der Waals surface area (Å²) in [6.45, 7) is 16.1. The molecule has 12 nitrogen and oxygen atoms in total. The molecule has 2 aromatic rings. The molecule has 1 saturated heterocycles. The predicted octanol–water partition coefficient (Wildman–Crippen LogP) is 7.96. The van der Waals surface area contributed by atoms with Crippen LogP contribution >= 0.6 is 11.3 Å². The molecular weight excluding hydrogens is 774 g/mol. The topological polar surface area (TPSA) is 158 Å². The van der Waals surface area contributed by atoms with Crippen LogP contribution in [0.25, 0.3) is 0 Å². The summed E-state index contributed by atoms with van der Waals surface area (Å²) in [6.07, 6.45) is 7.63. The zero-order valence-electron chi connectivity index (χ0n) is 36.9. The van der Waals surface area contributed by atoms with Gasteiger partial charge in [-0.15, -0.1) is 11.3 Å². The van der Waals surface area contributed by atoms with Gasteiger partial charge in [0.25, 0.3) is 5.91 Å². The van der Waals surface area contributed by atoms with Gasteiger partial charge in [0.05, 0.1) is 5.41 Å². The third kappa shape index (κ3) is 15.6. The summed E-state index contributed by atoms with van der Waals surface area (Å²) >= 11 is 1.17. The van der Waals surface area contributed by atoms with Crippen molar-refractivity contribution in [1.29, 1.82) is 0 Å². The molecule has 0 spiro atoms. The number of nitrogens with one attached hydrogen (secondary N) is 2. The first-order valence-electron chi connectivity index (χ1n) is 21.6.